The van der Waals surface area contributed by atoms with Crippen molar-refractivity contribution < 1.29 is 36.7 Å². The smallest absolute Gasteiger partial charge is 0.263 e. The molecular formula is C24H21ClF2N4O6S. The molecular weight excluding hydrogens is 546 g/mol. The Morgan fingerprint density at radius 1 is 1.08 bits per heavy atom. The Hall–Kier alpha value is -3.65. The van der Waals surface area contributed by atoms with Gasteiger partial charge in [-0.05, 0) is 54.1 Å². The lowest BCUT2D eigenvalue weighted by Gasteiger charge is -2.39. The zero-order chi connectivity index (χ0) is 27.4. The summed E-state index contributed by atoms with van der Waals surface area (Å²) in [6, 6.07) is 8.49. The fourth-order valence-electron chi connectivity index (χ4n) is 3.89. The fourth-order valence-corrected chi connectivity index (χ4v) is 5.62. The van der Waals surface area contributed by atoms with Gasteiger partial charge in [-0.25, -0.2) is 22.7 Å². The maximum Gasteiger partial charge on any atom is 0.263 e. The molecule has 4 rings (SSSR count). The van der Waals surface area contributed by atoms with E-state index < -0.39 is 50.8 Å². The number of ether oxygens (including phenoxy) is 1. The molecule has 3 aromatic rings. The Labute approximate surface area is 221 Å². The van der Waals surface area contributed by atoms with E-state index in [2.05, 4.69) is 4.98 Å². The predicted molar refractivity (Wildman–Crippen MR) is 130 cm³/mol. The number of carbonyl (C=O) groups is 2. The molecule has 1 fully saturated rings. The van der Waals surface area contributed by atoms with E-state index in [1.54, 1.807) is 12.1 Å². The third-order valence-corrected chi connectivity index (χ3v) is 7.95. The molecule has 200 valence electrons. The number of rotatable bonds is 7. The number of amides is 2. The highest BCUT2D eigenvalue weighted by molar-refractivity contribution is 7.89. The average molecular weight is 567 g/mol. The number of hydrogen-bond donors (Lipinski definition) is 2. The SMILES string of the molecule is O=C(NO)[C@H]1CN(C(=O)Cc2ccncc2)CCN1S(=O)(=O)c1cc(F)c(Oc2ccc(Cl)cc2)c(F)c1. The van der Waals surface area contributed by atoms with Gasteiger partial charge >= 0.3 is 0 Å². The Balaban J connectivity index is 1.57. The highest BCUT2D eigenvalue weighted by Gasteiger charge is 2.42. The van der Waals surface area contributed by atoms with Crippen molar-refractivity contribution in [3.63, 3.8) is 0 Å². The Morgan fingerprint density at radius 3 is 2.32 bits per heavy atom. The van der Waals surface area contributed by atoms with Gasteiger partial charge in [-0.1, -0.05) is 11.6 Å². The summed E-state index contributed by atoms with van der Waals surface area (Å²) in [5.41, 5.74) is 2.05. The molecule has 1 atom stereocenters. The van der Waals surface area contributed by atoms with Crippen LogP contribution in [-0.4, -0.2) is 65.3 Å². The molecule has 0 saturated carbocycles. The monoisotopic (exact) mass is 566 g/mol. The number of nitrogens with one attached hydrogen (secondary N) is 1. The molecule has 1 saturated heterocycles. The van der Waals surface area contributed by atoms with Gasteiger partial charge in [0.1, 0.15) is 11.8 Å². The Bertz CT molecular complexity index is 1420. The second kappa shape index (κ2) is 11.4. The summed E-state index contributed by atoms with van der Waals surface area (Å²) in [7, 11) is -4.65. The molecule has 0 unspecified atom stereocenters. The van der Waals surface area contributed by atoms with Crippen LogP contribution < -0.4 is 10.2 Å². The second-order valence-corrected chi connectivity index (χ2v) is 10.6. The minimum Gasteiger partial charge on any atom is -0.451 e. The van der Waals surface area contributed by atoms with Crippen molar-refractivity contribution in [2.24, 2.45) is 0 Å². The van der Waals surface area contributed by atoms with Crippen molar-refractivity contribution in [3.05, 3.63) is 83.1 Å². The lowest BCUT2D eigenvalue weighted by molar-refractivity contribution is -0.139. The van der Waals surface area contributed by atoms with Gasteiger partial charge in [-0.2, -0.15) is 4.31 Å². The van der Waals surface area contributed by atoms with Gasteiger partial charge in [0.2, 0.25) is 15.9 Å². The van der Waals surface area contributed by atoms with Gasteiger partial charge in [0, 0.05) is 37.1 Å². The van der Waals surface area contributed by atoms with E-state index in [4.69, 9.17) is 16.3 Å². The van der Waals surface area contributed by atoms with Gasteiger partial charge in [0.15, 0.2) is 17.4 Å². The number of benzene rings is 2. The molecule has 14 heteroatoms. The van der Waals surface area contributed by atoms with Crippen LogP contribution in [0.15, 0.2) is 65.8 Å². The summed E-state index contributed by atoms with van der Waals surface area (Å²) in [5.74, 6) is -4.86. The lowest BCUT2D eigenvalue weighted by Crippen LogP contribution is -2.61. The third kappa shape index (κ3) is 5.91. The number of nitrogens with zero attached hydrogens (tertiary/aromatic N) is 3. The van der Waals surface area contributed by atoms with Crippen molar-refractivity contribution >= 4 is 33.4 Å². The first-order valence-electron chi connectivity index (χ1n) is 11.1. The van der Waals surface area contributed by atoms with Crippen molar-refractivity contribution in [2.75, 3.05) is 19.6 Å². The van der Waals surface area contributed by atoms with Gasteiger partial charge in [0.05, 0.1) is 11.3 Å². The minimum atomic E-state index is -4.65. The van der Waals surface area contributed by atoms with Crippen molar-refractivity contribution in [3.8, 4) is 11.5 Å². The Kier molecular flexibility index (Phi) is 8.21. The molecule has 2 amide bonds. The zero-order valence-corrected chi connectivity index (χ0v) is 21.1. The first-order chi connectivity index (χ1) is 18.1. The highest BCUT2D eigenvalue weighted by atomic mass is 35.5. The molecule has 2 aromatic carbocycles. The summed E-state index contributed by atoms with van der Waals surface area (Å²) in [6.07, 6.45) is 3.01. The number of halogens is 3. The van der Waals surface area contributed by atoms with Crippen LogP contribution in [0.1, 0.15) is 5.56 Å². The summed E-state index contributed by atoms with van der Waals surface area (Å²) in [6.45, 7) is -0.853. The molecule has 0 spiro atoms. The van der Waals surface area contributed by atoms with E-state index in [1.165, 1.54) is 47.0 Å². The number of carbonyl (C=O) groups excluding carboxylic acids is 2. The molecule has 0 radical (unpaired) electrons. The molecule has 1 aliphatic rings. The van der Waals surface area contributed by atoms with Crippen LogP contribution >= 0.6 is 11.6 Å². The van der Waals surface area contributed by atoms with Crippen molar-refractivity contribution in [1.82, 2.24) is 19.7 Å². The Morgan fingerprint density at radius 2 is 1.71 bits per heavy atom. The number of hydroxylamine groups is 1. The maximum atomic E-state index is 14.8. The van der Waals surface area contributed by atoms with E-state index in [1.807, 2.05) is 0 Å². The zero-order valence-electron chi connectivity index (χ0n) is 19.6. The van der Waals surface area contributed by atoms with Crippen LogP contribution in [0.5, 0.6) is 11.5 Å². The normalized spacial score (nSPS) is 16.2. The molecule has 1 aliphatic heterocycles. The minimum absolute atomic E-state index is 0.0196. The van der Waals surface area contributed by atoms with E-state index in [9.17, 15) is 32.0 Å². The van der Waals surface area contributed by atoms with Crippen molar-refractivity contribution in [2.45, 2.75) is 17.4 Å². The summed E-state index contributed by atoms with van der Waals surface area (Å²) >= 11 is 5.79. The standard InChI is InChI=1S/C24H21ClF2N4O6S/c25-16-1-3-17(4-2-16)37-23-19(26)12-18(13-20(23)27)38(35,36)31-10-9-30(14-21(31)24(33)29-34)22(32)11-15-5-7-28-8-6-15/h1-8,12-13,21,34H,9-11,14H2,(H,29,33)/t21-/m1/s1. The van der Waals surface area contributed by atoms with Gasteiger partial charge in [-0.15, -0.1) is 0 Å². The van der Waals surface area contributed by atoms with Gasteiger partial charge < -0.3 is 9.64 Å². The van der Waals surface area contributed by atoms with Gasteiger partial charge in [0.25, 0.3) is 5.91 Å². The van der Waals surface area contributed by atoms with E-state index in [0.717, 1.165) is 0 Å². The van der Waals surface area contributed by atoms with Gasteiger partial charge in [-0.3, -0.25) is 19.8 Å². The summed E-state index contributed by atoms with van der Waals surface area (Å²) < 4.78 is 62.3. The molecule has 0 bridgehead atoms. The second-order valence-electron chi connectivity index (χ2n) is 8.25. The lowest BCUT2D eigenvalue weighted by atomic mass is 10.1. The first-order valence-corrected chi connectivity index (χ1v) is 13.0. The average Bonchev–Trinajstić information content (AvgIpc) is 2.91. The predicted octanol–water partition coefficient (Wildman–Crippen LogP) is 2.76. The molecule has 10 nitrogen and oxygen atoms in total. The molecule has 38 heavy (non-hydrogen) atoms. The molecule has 2 heterocycles. The molecule has 1 aromatic heterocycles. The van der Waals surface area contributed by atoms with Crippen LogP contribution in [-0.2, 0) is 26.0 Å². The van der Waals surface area contributed by atoms with E-state index >= 15 is 0 Å². The van der Waals surface area contributed by atoms with Crippen LogP contribution in [0.4, 0.5) is 8.78 Å². The van der Waals surface area contributed by atoms with Crippen LogP contribution in [0.3, 0.4) is 0 Å². The van der Waals surface area contributed by atoms with E-state index in [-0.39, 0.29) is 31.2 Å². The molecule has 0 aliphatic carbocycles. The summed E-state index contributed by atoms with van der Waals surface area (Å²) in [4.78, 5) is 29.5. The first kappa shape index (κ1) is 27.4. The van der Waals surface area contributed by atoms with Crippen LogP contribution in [0.25, 0.3) is 0 Å². The topological polar surface area (TPSA) is 129 Å². The quantitative estimate of drug-likeness (QED) is 0.332. The number of sulfonamides is 1. The molecule has 2 N–H and O–H groups in total. The maximum absolute atomic E-state index is 14.8. The number of aromatic nitrogens is 1. The fraction of sp³-hybridized carbons (Fsp3) is 0.208. The highest BCUT2D eigenvalue weighted by Crippen LogP contribution is 2.32. The van der Waals surface area contributed by atoms with Crippen LogP contribution in [0, 0.1) is 11.6 Å². The number of piperazine rings is 1. The number of pyridine rings is 1. The van der Waals surface area contributed by atoms with E-state index in [0.29, 0.717) is 27.0 Å². The number of hydrogen-bond acceptors (Lipinski definition) is 7. The third-order valence-electron chi connectivity index (χ3n) is 5.81. The van der Waals surface area contributed by atoms with Crippen LogP contribution in [0.2, 0.25) is 5.02 Å². The van der Waals surface area contributed by atoms with Crippen molar-refractivity contribution in [1.29, 1.82) is 0 Å². The summed E-state index contributed by atoms with van der Waals surface area (Å²) in [5, 5.41) is 9.58. The largest absolute Gasteiger partial charge is 0.451 e.